The molecule has 2 aromatic heterocycles. The number of aromatic nitrogens is 2. The predicted octanol–water partition coefficient (Wildman–Crippen LogP) is 6.80. The van der Waals surface area contributed by atoms with Crippen molar-refractivity contribution in [1.29, 1.82) is 0 Å². The van der Waals surface area contributed by atoms with E-state index < -0.39 is 5.82 Å². The highest BCUT2D eigenvalue weighted by atomic mass is 19.1. The van der Waals surface area contributed by atoms with Crippen molar-refractivity contribution in [2.75, 3.05) is 5.73 Å². The van der Waals surface area contributed by atoms with Gasteiger partial charge in [-0.05, 0) is 29.8 Å². The van der Waals surface area contributed by atoms with E-state index >= 15 is 0 Å². The number of rotatable bonds is 3. The number of nitrogen functional groups attached to an aromatic ring is 1. The van der Waals surface area contributed by atoms with Crippen LogP contribution in [0, 0.1) is 5.82 Å². The molecular formula is C23H26FN3O. The SMILES string of the molecule is CC.CC.Nc1ccc(Oc2ccnc3[nH]c(-c4ccccc4)cc23)c(F)c1. The van der Waals surface area contributed by atoms with Crippen molar-refractivity contribution < 1.29 is 9.13 Å². The predicted molar refractivity (Wildman–Crippen MR) is 115 cm³/mol. The Morgan fingerprint density at radius 1 is 0.893 bits per heavy atom. The summed E-state index contributed by atoms with van der Waals surface area (Å²) in [6, 6.07) is 17.9. The lowest BCUT2D eigenvalue weighted by Gasteiger charge is -2.07. The van der Waals surface area contributed by atoms with Crippen LogP contribution in [-0.2, 0) is 0 Å². The van der Waals surface area contributed by atoms with Gasteiger partial charge in [-0.1, -0.05) is 58.0 Å². The smallest absolute Gasteiger partial charge is 0.167 e. The maximum Gasteiger partial charge on any atom is 0.167 e. The maximum atomic E-state index is 14.0. The molecule has 0 aliphatic heterocycles. The van der Waals surface area contributed by atoms with Crippen molar-refractivity contribution in [3.8, 4) is 22.8 Å². The van der Waals surface area contributed by atoms with Crippen molar-refractivity contribution in [2.45, 2.75) is 27.7 Å². The molecule has 0 saturated carbocycles. The molecule has 0 radical (unpaired) electrons. The summed E-state index contributed by atoms with van der Waals surface area (Å²) in [7, 11) is 0. The largest absolute Gasteiger partial charge is 0.453 e. The van der Waals surface area contributed by atoms with Crippen LogP contribution < -0.4 is 10.5 Å². The average molecular weight is 379 g/mol. The number of halogens is 1. The minimum atomic E-state index is -0.501. The van der Waals surface area contributed by atoms with Gasteiger partial charge in [-0.3, -0.25) is 0 Å². The molecule has 0 bridgehead atoms. The second-order valence-electron chi connectivity index (χ2n) is 5.41. The summed E-state index contributed by atoms with van der Waals surface area (Å²) < 4.78 is 19.7. The Morgan fingerprint density at radius 2 is 1.61 bits per heavy atom. The van der Waals surface area contributed by atoms with Gasteiger partial charge in [-0.25, -0.2) is 9.37 Å². The van der Waals surface area contributed by atoms with E-state index in [1.54, 1.807) is 18.3 Å². The van der Waals surface area contributed by atoms with E-state index in [4.69, 9.17) is 10.5 Å². The Hall–Kier alpha value is -3.34. The molecule has 0 spiro atoms. The van der Waals surface area contributed by atoms with Gasteiger partial charge in [0.25, 0.3) is 0 Å². The van der Waals surface area contributed by atoms with Gasteiger partial charge in [0, 0.05) is 23.6 Å². The van der Waals surface area contributed by atoms with Crippen LogP contribution in [0.3, 0.4) is 0 Å². The minimum absolute atomic E-state index is 0.124. The van der Waals surface area contributed by atoms with Crippen molar-refractivity contribution >= 4 is 16.7 Å². The zero-order chi connectivity index (χ0) is 20.5. The standard InChI is InChI=1S/C19H14FN3O.2C2H6/c20-15-10-13(21)6-7-18(15)24-17-8-9-22-19-14(17)11-16(23-19)12-4-2-1-3-5-12;2*1-2/h1-11H,21H2,(H,22,23);2*1-2H3. The number of hydrogen-bond acceptors (Lipinski definition) is 3. The third kappa shape index (κ3) is 4.68. The number of nitrogens with one attached hydrogen (secondary N) is 1. The highest BCUT2D eigenvalue weighted by molar-refractivity contribution is 5.88. The van der Waals surface area contributed by atoms with Gasteiger partial charge in [0.15, 0.2) is 11.6 Å². The third-order valence-electron chi connectivity index (χ3n) is 3.75. The number of nitrogens with two attached hydrogens (primary N) is 1. The molecule has 4 nitrogen and oxygen atoms in total. The van der Waals surface area contributed by atoms with Crippen LogP contribution in [0.4, 0.5) is 10.1 Å². The van der Waals surface area contributed by atoms with Gasteiger partial charge in [0.05, 0.1) is 5.39 Å². The molecule has 4 aromatic rings. The summed E-state index contributed by atoms with van der Waals surface area (Å²) >= 11 is 0. The van der Waals surface area contributed by atoms with Crippen LogP contribution in [0.1, 0.15) is 27.7 Å². The molecule has 3 N–H and O–H groups in total. The molecular weight excluding hydrogens is 353 g/mol. The fourth-order valence-corrected chi connectivity index (χ4v) is 2.58. The normalized spacial score (nSPS) is 9.75. The molecule has 4 rings (SSSR count). The Bertz CT molecular complexity index is 1010. The first-order valence-electron chi connectivity index (χ1n) is 9.47. The summed E-state index contributed by atoms with van der Waals surface area (Å²) in [6.45, 7) is 8.00. The molecule has 0 amide bonds. The number of nitrogens with zero attached hydrogens (tertiary/aromatic N) is 1. The number of anilines is 1. The number of benzene rings is 2. The van der Waals surface area contributed by atoms with Crippen LogP contribution in [0.25, 0.3) is 22.3 Å². The number of hydrogen-bond donors (Lipinski definition) is 2. The molecule has 28 heavy (non-hydrogen) atoms. The monoisotopic (exact) mass is 379 g/mol. The van der Waals surface area contributed by atoms with Gasteiger partial charge >= 0.3 is 0 Å². The van der Waals surface area contributed by atoms with Crippen LogP contribution in [0.5, 0.6) is 11.5 Å². The van der Waals surface area contributed by atoms with E-state index in [9.17, 15) is 4.39 Å². The summed E-state index contributed by atoms with van der Waals surface area (Å²) in [4.78, 5) is 7.57. The first-order chi connectivity index (χ1) is 13.7. The molecule has 0 unspecified atom stereocenters. The first-order valence-corrected chi connectivity index (χ1v) is 9.47. The highest BCUT2D eigenvalue weighted by Crippen LogP contribution is 2.33. The number of aromatic amines is 1. The molecule has 0 fully saturated rings. The first kappa shape index (κ1) is 21.0. The number of pyridine rings is 1. The minimum Gasteiger partial charge on any atom is -0.453 e. The number of H-pyrrole nitrogens is 1. The number of fused-ring (bicyclic) bond motifs is 1. The van der Waals surface area contributed by atoms with E-state index in [-0.39, 0.29) is 5.75 Å². The molecule has 2 aromatic carbocycles. The quantitative estimate of drug-likeness (QED) is 0.385. The van der Waals surface area contributed by atoms with E-state index in [0.29, 0.717) is 17.1 Å². The van der Waals surface area contributed by atoms with Gasteiger partial charge in [-0.15, -0.1) is 0 Å². The molecule has 0 aliphatic rings. The molecule has 5 heteroatoms. The Labute approximate surface area is 165 Å². The van der Waals surface area contributed by atoms with Gasteiger partial charge in [0.2, 0.25) is 0 Å². The number of ether oxygens (including phenoxy) is 1. The van der Waals surface area contributed by atoms with E-state index in [1.165, 1.54) is 12.1 Å². The van der Waals surface area contributed by atoms with E-state index in [1.807, 2.05) is 64.1 Å². The van der Waals surface area contributed by atoms with Crippen LogP contribution in [-0.4, -0.2) is 9.97 Å². The lowest BCUT2D eigenvalue weighted by atomic mass is 10.1. The average Bonchev–Trinajstić information content (AvgIpc) is 3.19. The van der Waals surface area contributed by atoms with Crippen molar-refractivity contribution in [3.05, 3.63) is 72.7 Å². The summed E-state index contributed by atoms with van der Waals surface area (Å²) in [5.41, 5.74) is 8.57. The fraction of sp³-hybridized carbons (Fsp3) is 0.174. The highest BCUT2D eigenvalue weighted by Gasteiger charge is 2.12. The second kappa shape index (κ2) is 10.1. The molecule has 2 heterocycles. The summed E-state index contributed by atoms with van der Waals surface area (Å²) in [6.07, 6.45) is 1.62. The maximum absolute atomic E-state index is 14.0. The Kier molecular flexibility index (Phi) is 7.57. The molecule has 0 aliphatic carbocycles. The Morgan fingerprint density at radius 3 is 2.29 bits per heavy atom. The third-order valence-corrected chi connectivity index (χ3v) is 3.75. The molecule has 0 atom stereocenters. The van der Waals surface area contributed by atoms with Crippen molar-refractivity contribution in [1.82, 2.24) is 9.97 Å². The van der Waals surface area contributed by atoms with Crippen LogP contribution in [0.15, 0.2) is 66.9 Å². The van der Waals surface area contributed by atoms with Crippen LogP contribution in [0.2, 0.25) is 0 Å². The topological polar surface area (TPSA) is 63.9 Å². The lowest BCUT2D eigenvalue weighted by Crippen LogP contribution is -1.92. The lowest BCUT2D eigenvalue weighted by molar-refractivity contribution is 0.446. The van der Waals surface area contributed by atoms with Crippen molar-refractivity contribution in [3.63, 3.8) is 0 Å². The van der Waals surface area contributed by atoms with E-state index in [0.717, 1.165) is 16.6 Å². The van der Waals surface area contributed by atoms with E-state index in [2.05, 4.69) is 9.97 Å². The summed E-state index contributed by atoms with van der Waals surface area (Å²) in [5, 5.41) is 0.785. The van der Waals surface area contributed by atoms with Gasteiger partial charge in [0.1, 0.15) is 11.4 Å². The summed E-state index contributed by atoms with van der Waals surface area (Å²) in [5.74, 6) is 0.153. The molecule has 146 valence electrons. The zero-order valence-electron chi connectivity index (χ0n) is 16.7. The van der Waals surface area contributed by atoms with Crippen LogP contribution >= 0.6 is 0 Å². The zero-order valence-corrected chi connectivity index (χ0v) is 16.7. The van der Waals surface area contributed by atoms with Gasteiger partial charge in [-0.2, -0.15) is 0 Å². The Balaban J connectivity index is 0.000000660. The fourth-order valence-electron chi connectivity index (χ4n) is 2.58. The van der Waals surface area contributed by atoms with Crippen molar-refractivity contribution in [2.24, 2.45) is 0 Å². The van der Waals surface area contributed by atoms with Gasteiger partial charge < -0.3 is 15.5 Å². The molecule has 0 saturated heterocycles. The second-order valence-corrected chi connectivity index (χ2v) is 5.41.